The van der Waals surface area contributed by atoms with Crippen molar-refractivity contribution in [2.75, 3.05) is 25.5 Å². The van der Waals surface area contributed by atoms with Gasteiger partial charge in [0, 0.05) is 0 Å². The summed E-state index contributed by atoms with van der Waals surface area (Å²) in [5.41, 5.74) is 0. The predicted octanol–water partition coefficient (Wildman–Crippen LogP) is -0.692. The van der Waals surface area contributed by atoms with Crippen molar-refractivity contribution in [1.29, 1.82) is 0 Å². The maximum Gasteiger partial charge on any atom is 0.283 e. The minimum atomic E-state index is -3.55. The summed E-state index contributed by atoms with van der Waals surface area (Å²) in [4.78, 5) is 0. The highest BCUT2D eigenvalue weighted by atomic mass is 32.2. The van der Waals surface area contributed by atoms with Crippen LogP contribution in [0.25, 0.3) is 0 Å². The van der Waals surface area contributed by atoms with Crippen molar-refractivity contribution in [1.82, 2.24) is 5.06 Å². The normalized spacial score (nSPS) is 25.1. The Balaban J connectivity index is 2.49. The topological polar surface area (TPSA) is 76.1 Å². The number of nitrogens with zero attached hydrogens (tertiary/aromatic N) is 1. The molecule has 7 heteroatoms. The third kappa shape index (κ3) is 3.50. The van der Waals surface area contributed by atoms with Gasteiger partial charge in [0.25, 0.3) is 10.1 Å². The number of hydrogen-bond acceptors (Lipinski definition) is 6. The summed E-state index contributed by atoms with van der Waals surface area (Å²) in [5, 5.41) is 10.3. The van der Waals surface area contributed by atoms with Gasteiger partial charge in [0.05, 0.1) is 25.5 Å². The van der Waals surface area contributed by atoms with Crippen molar-refractivity contribution in [2.24, 2.45) is 0 Å². The number of hydroxylamine groups is 2. The molecule has 1 aliphatic rings. The number of aliphatic hydroxyl groups excluding tert-OH is 1. The lowest BCUT2D eigenvalue weighted by Crippen LogP contribution is -2.46. The van der Waals surface area contributed by atoms with E-state index in [4.69, 9.17) is 9.02 Å². The van der Waals surface area contributed by atoms with Gasteiger partial charge in [-0.1, -0.05) is 6.92 Å². The predicted molar refractivity (Wildman–Crippen MR) is 48.7 cm³/mol. The first kappa shape index (κ1) is 11.9. The lowest BCUT2D eigenvalue weighted by molar-refractivity contribution is -0.221. The fourth-order valence-corrected chi connectivity index (χ4v) is 2.14. The zero-order chi connectivity index (χ0) is 10.6. The van der Waals surface area contributed by atoms with Crippen molar-refractivity contribution < 1.29 is 22.5 Å². The Bertz CT molecular complexity index is 265. The van der Waals surface area contributed by atoms with Crippen LogP contribution in [-0.4, -0.2) is 50.3 Å². The average molecular weight is 225 g/mol. The Hall–Kier alpha value is -0.210. The Kier molecular flexibility index (Phi) is 4.27. The summed E-state index contributed by atoms with van der Waals surface area (Å²) in [6, 6.07) is 0. The molecule has 1 fully saturated rings. The summed E-state index contributed by atoms with van der Waals surface area (Å²) in [6.45, 7) is 2.43. The van der Waals surface area contributed by atoms with Crippen molar-refractivity contribution in [3.63, 3.8) is 0 Å². The quantitative estimate of drug-likeness (QED) is 0.682. The molecule has 0 radical (unpaired) electrons. The standard InChI is InChI=1S/C7H15NO5S/c1-2-5-14(10,11)13-8-3-4-12-6-7(8)9/h7,9H,2-6H2,1H3. The smallest absolute Gasteiger partial charge is 0.283 e. The molecule has 1 unspecified atom stereocenters. The lowest BCUT2D eigenvalue weighted by atomic mass is 10.5. The fraction of sp³-hybridized carbons (Fsp3) is 1.00. The first-order valence-corrected chi connectivity index (χ1v) is 6.07. The van der Waals surface area contributed by atoms with E-state index < -0.39 is 16.3 Å². The van der Waals surface area contributed by atoms with Gasteiger partial charge >= 0.3 is 0 Å². The van der Waals surface area contributed by atoms with E-state index in [0.29, 0.717) is 13.0 Å². The van der Waals surface area contributed by atoms with E-state index in [-0.39, 0.29) is 18.9 Å². The van der Waals surface area contributed by atoms with Crippen LogP contribution in [0, 0.1) is 0 Å². The SMILES string of the molecule is CCCS(=O)(=O)ON1CCOCC1O. The van der Waals surface area contributed by atoms with Crippen LogP contribution < -0.4 is 0 Å². The molecule has 1 atom stereocenters. The first-order chi connectivity index (χ1) is 6.55. The van der Waals surface area contributed by atoms with E-state index in [2.05, 4.69) is 0 Å². The second-order valence-electron chi connectivity index (χ2n) is 3.03. The number of ether oxygens (including phenoxy) is 1. The van der Waals surface area contributed by atoms with Crippen LogP contribution in [0.4, 0.5) is 0 Å². The molecule has 0 aromatic rings. The zero-order valence-electron chi connectivity index (χ0n) is 8.05. The summed E-state index contributed by atoms with van der Waals surface area (Å²) in [6.07, 6.45) is -0.515. The maximum absolute atomic E-state index is 11.2. The van der Waals surface area contributed by atoms with Gasteiger partial charge in [-0.2, -0.15) is 12.7 Å². The highest BCUT2D eigenvalue weighted by Gasteiger charge is 2.26. The van der Waals surface area contributed by atoms with E-state index in [1.54, 1.807) is 6.92 Å². The molecule has 0 amide bonds. The summed E-state index contributed by atoms with van der Waals surface area (Å²) in [7, 11) is -3.55. The number of morpholine rings is 1. The molecule has 1 heterocycles. The van der Waals surface area contributed by atoms with Gasteiger partial charge in [0.2, 0.25) is 0 Å². The van der Waals surface area contributed by atoms with E-state index in [1.165, 1.54) is 0 Å². The lowest BCUT2D eigenvalue weighted by Gasteiger charge is -2.29. The molecular weight excluding hydrogens is 210 g/mol. The number of aliphatic hydroxyl groups is 1. The van der Waals surface area contributed by atoms with Gasteiger partial charge in [-0.25, -0.2) is 0 Å². The third-order valence-corrected chi connectivity index (χ3v) is 3.05. The van der Waals surface area contributed by atoms with E-state index >= 15 is 0 Å². The van der Waals surface area contributed by atoms with Crippen LogP contribution in [0.2, 0.25) is 0 Å². The minimum absolute atomic E-state index is 0.0446. The van der Waals surface area contributed by atoms with Gasteiger partial charge in [-0.05, 0) is 6.42 Å². The molecule has 6 nitrogen and oxygen atoms in total. The summed E-state index contributed by atoms with van der Waals surface area (Å²) < 4.78 is 32.1. The largest absolute Gasteiger partial charge is 0.376 e. The molecule has 1 aliphatic heterocycles. The van der Waals surface area contributed by atoms with Crippen molar-refractivity contribution >= 4 is 10.1 Å². The fourth-order valence-electron chi connectivity index (χ4n) is 1.10. The average Bonchev–Trinajstić information content (AvgIpc) is 2.08. The van der Waals surface area contributed by atoms with Gasteiger partial charge in [-0.3, -0.25) is 0 Å². The van der Waals surface area contributed by atoms with Crippen molar-refractivity contribution in [2.45, 2.75) is 19.6 Å². The van der Waals surface area contributed by atoms with E-state index in [1.807, 2.05) is 0 Å². The monoisotopic (exact) mass is 225 g/mol. The molecule has 0 saturated carbocycles. The third-order valence-electron chi connectivity index (χ3n) is 1.72. The van der Waals surface area contributed by atoms with Crippen LogP contribution in [0.1, 0.15) is 13.3 Å². The molecule has 0 bridgehead atoms. The maximum atomic E-state index is 11.2. The highest BCUT2D eigenvalue weighted by Crippen LogP contribution is 2.08. The van der Waals surface area contributed by atoms with E-state index in [9.17, 15) is 13.5 Å². The summed E-state index contributed by atoms with van der Waals surface area (Å²) >= 11 is 0. The van der Waals surface area contributed by atoms with Gasteiger partial charge in [0.15, 0.2) is 6.23 Å². The molecule has 1 N–H and O–H groups in total. The van der Waals surface area contributed by atoms with Crippen LogP contribution in [0.5, 0.6) is 0 Å². The molecule has 0 aromatic heterocycles. The highest BCUT2D eigenvalue weighted by molar-refractivity contribution is 7.86. The Morgan fingerprint density at radius 3 is 2.93 bits per heavy atom. The second-order valence-corrected chi connectivity index (χ2v) is 4.71. The molecule has 1 saturated heterocycles. The molecular formula is C7H15NO5S. The van der Waals surface area contributed by atoms with Crippen LogP contribution in [-0.2, 0) is 19.1 Å². The zero-order valence-corrected chi connectivity index (χ0v) is 8.87. The molecule has 84 valence electrons. The molecule has 14 heavy (non-hydrogen) atoms. The molecule has 1 rings (SSSR count). The Morgan fingerprint density at radius 2 is 2.36 bits per heavy atom. The van der Waals surface area contributed by atoms with E-state index in [0.717, 1.165) is 5.06 Å². The van der Waals surface area contributed by atoms with Crippen LogP contribution >= 0.6 is 0 Å². The van der Waals surface area contributed by atoms with Crippen LogP contribution in [0.3, 0.4) is 0 Å². The summed E-state index contributed by atoms with van der Waals surface area (Å²) in [5.74, 6) is -0.0446. The van der Waals surface area contributed by atoms with Gasteiger partial charge in [-0.15, -0.1) is 5.06 Å². The second kappa shape index (κ2) is 5.04. The van der Waals surface area contributed by atoms with Crippen molar-refractivity contribution in [3.8, 4) is 0 Å². The molecule has 0 aromatic carbocycles. The van der Waals surface area contributed by atoms with Crippen molar-refractivity contribution in [3.05, 3.63) is 0 Å². The van der Waals surface area contributed by atoms with Crippen LogP contribution in [0.15, 0.2) is 0 Å². The minimum Gasteiger partial charge on any atom is -0.376 e. The molecule has 0 spiro atoms. The number of rotatable bonds is 4. The molecule has 0 aliphatic carbocycles. The first-order valence-electron chi connectivity index (χ1n) is 4.50. The van der Waals surface area contributed by atoms with Gasteiger partial charge in [0.1, 0.15) is 0 Å². The Morgan fingerprint density at radius 1 is 1.64 bits per heavy atom. The van der Waals surface area contributed by atoms with Gasteiger partial charge < -0.3 is 9.84 Å². The number of hydrogen-bond donors (Lipinski definition) is 1. The Labute approximate surface area is 83.5 Å².